The van der Waals surface area contributed by atoms with Gasteiger partial charge in [-0.15, -0.1) is 0 Å². The van der Waals surface area contributed by atoms with Gasteiger partial charge < -0.3 is 10.6 Å². The molecule has 104 valence electrons. The van der Waals surface area contributed by atoms with Gasteiger partial charge in [-0.2, -0.15) is 0 Å². The van der Waals surface area contributed by atoms with Crippen LogP contribution in [0.1, 0.15) is 11.1 Å². The normalized spacial score (nSPS) is 14.8. The first-order chi connectivity index (χ1) is 8.85. The van der Waals surface area contributed by atoms with E-state index in [0.29, 0.717) is 11.6 Å². The predicted molar refractivity (Wildman–Crippen MR) is 78.3 cm³/mol. The van der Waals surface area contributed by atoms with Gasteiger partial charge in [0, 0.05) is 12.2 Å². The van der Waals surface area contributed by atoms with Crippen molar-refractivity contribution in [2.24, 2.45) is 4.99 Å². The summed E-state index contributed by atoms with van der Waals surface area (Å²) in [5.74, 6) is 0.716. The molecule has 19 heavy (non-hydrogen) atoms. The molecule has 0 amide bonds. The molecular weight excluding hydrogens is 264 g/mol. The van der Waals surface area contributed by atoms with E-state index in [1.807, 2.05) is 19.9 Å². The molecule has 1 aliphatic rings. The average Bonchev–Trinajstić information content (AvgIpc) is 2.76. The lowest BCUT2D eigenvalue weighted by Crippen LogP contribution is -2.26. The molecule has 3 N–H and O–H groups in total. The maximum atomic E-state index is 11.4. The van der Waals surface area contributed by atoms with Crippen LogP contribution in [0.5, 0.6) is 0 Å². The fourth-order valence-electron chi connectivity index (χ4n) is 1.86. The van der Waals surface area contributed by atoms with E-state index >= 15 is 0 Å². The van der Waals surface area contributed by atoms with Gasteiger partial charge in [0.05, 0.1) is 18.5 Å². The molecule has 0 unspecified atom stereocenters. The van der Waals surface area contributed by atoms with Crippen molar-refractivity contribution in [1.29, 1.82) is 0 Å². The second-order valence-electron chi connectivity index (χ2n) is 4.62. The molecule has 0 aromatic heterocycles. The molecule has 2 rings (SSSR count). The van der Waals surface area contributed by atoms with Crippen molar-refractivity contribution in [3.05, 3.63) is 23.3 Å². The highest BCUT2D eigenvalue weighted by molar-refractivity contribution is 7.92. The van der Waals surface area contributed by atoms with Crippen LogP contribution < -0.4 is 15.4 Å². The largest absolute Gasteiger partial charge is 0.354 e. The molecule has 1 aliphatic heterocycles. The number of nitrogens with zero attached hydrogens (tertiary/aromatic N) is 1. The van der Waals surface area contributed by atoms with E-state index < -0.39 is 10.0 Å². The number of guanidine groups is 1. The van der Waals surface area contributed by atoms with Crippen LogP contribution in [0.3, 0.4) is 0 Å². The molecule has 1 aromatic rings. The van der Waals surface area contributed by atoms with Gasteiger partial charge in [-0.1, -0.05) is 0 Å². The van der Waals surface area contributed by atoms with E-state index in [9.17, 15) is 8.42 Å². The number of rotatable bonds is 3. The first kappa shape index (κ1) is 13.7. The number of hydrogen-bond donors (Lipinski definition) is 3. The summed E-state index contributed by atoms with van der Waals surface area (Å²) in [7, 11) is -3.28. The van der Waals surface area contributed by atoms with Gasteiger partial charge in [-0.3, -0.25) is 9.71 Å². The average molecular weight is 282 g/mol. The quantitative estimate of drug-likeness (QED) is 0.774. The summed E-state index contributed by atoms with van der Waals surface area (Å²) in [5.41, 5.74) is 3.32. The Bertz CT molecular complexity index is 623. The Morgan fingerprint density at radius 3 is 2.63 bits per heavy atom. The van der Waals surface area contributed by atoms with Crippen LogP contribution in [0.15, 0.2) is 17.1 Å². The first-order valence-corrected chi connectivity index (χ1v) is 7.89. The van der Waals surface area contributed by atoms with Crippen molar-refractivity contribution in [3.8, 4) is 0 Å². The van der Waals surface area contributed by atoms with Crippen molar-refractivity contribution in [1.82, 2.24) is 5.32 Å². The first-order valence-electron chi connectivity index (χ1n) is 5.99. The summed E-state index contributed by atoms with van der Waals surface area (Å²) in [6.45, 7) is 5.40. The molecule has 0 saturated heterocycles. The molecule has 0 bridgehead atoms. The van der Waals surface area contributed by atoms with E-state index in [2.05, 4.69) is 20.3 Å². The Morgan fingerprint density at radius 2 is 2.05 bits per heavy atom. The fourth-order valence-corrected chi connectivity index (χ4v) is 2.47. The number of aryl methyl sites for hydroxylation is 1. The molecule has 0 saturated carbocycles. The summed E-state index contributed by atoms with van der Waals surface area (Å²) in [6.07, 6.45) is 1.14. The van der Waals surface area contributed by atoms with Crippen molar-refractivity contribution < 1.29 is 8.42 Å². The molecule has 6 nitrogen and oxygen atoms in total. The molecule has 0 spiro atoms. The van der Waals surface area contributed by atoms with Gasteiger partial charge in [0.2, 0.25) is 10.0 Å². The maximum Gasteiger partial charge on any atom is 0.229 e. The zero-order valence-electron chi connectivity index (χ0n) is 11.2. The minimum absolute atomic E-state index is 0.587. The Hall–Kier alpha value is -1.76. The highest BCUT2D eigenvalue weighted by Crippen LogP contribution is 2.25. The zero-order valence-corrected chi connectivity index (χ0v) is 12.1. The maximum absolute atomic E-state index is 11.4. The summed E-state index contributed by atoms with van der Waals surface area (Å²) in [5, 5.41) is 6.25. The van der Waals surface area contributed by atoms with Gasteiger partial charge in [0.15, 0.2) is 5.96 Å². The molecule has 0 radical (unpaired) electrons. The zero-order chi connectivity index (χ0) is 14.0. The van der Waals surface area contributed by atoms with Crippen LogP contribution in [0.25, 0.3) is 0 Å². The number of hydrogen-bond acceptors (Lipinski definition) is 5. The number of aliphatic imine (C=N–C) groups is 1. The SMILES string of the molecule is Cc1cc(NC2=NCCN2)cc(NS(C)(=O)=O)c1C. The minimum atomic E-state index is -3.28. The van der Waals surface area contributed by atoms with Crippen molar-refractivity contribution in [2.45, 2.75) is 13.8 Å². The van der Waals surface area contributed by atoms with E-state index in [1.54, 1.807) is 6.07 Å². The third kappa shape index (κ3) is 3.60. The Morgan fingerprint density at radius 1 is 1.32 bits per heavy atom. The monoisotopic (exact) mass is 282 g/mol. The van der Waals surface area contributed by atoms with Gasteiger partial charge in [-0.25, -0.2) is 8.42 Å². The van der Waals surface area contributed by atoms with Crippen LogP contribution >= 0.6 is 0 Å². The van der Waals surface area contributed by atoms with E-state index in [1.165, 1.54) is 0 Å². The van der Waals surface area contributed by atoms with E-state index in [-0.39, 0.29) is 0 Å². The van der Waals surface area contributed by atoms with Crippen molar-refractivity contribution in [2.75, 3.05) is 29.4 Å². The van der Waals surface area contributed by atoms with Crippen molar-refractivity contribution in [3.63, 3.8) is 0 Å². The lowest BCUT2D eigenvalue weighted by atomic mass is 10.1. The van der Waals surface area contributed by atoms with E-state index in [0.717, 1.165) is 36.2 Å². The Labute approximate surface area is 113 Å². The Balaban J connectivity index is 2.30. The minimum Gasteiger partial charge on any atom is -0.354 e. The number of sulfonamides is 1. The van der Waals surface area contributed by atoms with Crippen LogP contribution in [-0.2, 0) is 10.0 Å². The van der Waals surface area contributed by atoms with Gasteiger partial charge in [0.25, 0.3) is 0 Å². The Kier molecular flexibility index (Phi) is 3.66. The van der Waals surface area contributed by atoms with Crippen LogP contribution in [0.4, 0.5) is 11.4 Å². The van der Waals surface area contributed by atoms with Gasteiger partial charge in [0.1, 0.15) is 0 Å². The van der Waals surface area contributed by atoms with Crippen LogP contribution in [-0.4, -0.2) is 33.7 Å². The lowest BCUT2D eigenvalue weighted by Gasteiger charge is -2.14. The molecular formula is C12H18N4O2S. The number of nitrogens with one attached hydrogen (secondary N) is 3. The second-order valence-corrected chi connectivity index (χ2v) is 6.37. The highest BCUT2D eigenvalue weighted by Gasteiger charge is 2.11. The third-order valence-electron chi connectivity index (χ3n) is 2.90. The molecule has 7 heteroatoms. The summed E-state index contributed by atoms with van der Waals surface area (Å²) < 4.78 is 25.2. The fraction of sp³-hybridized carbons (Fsp3) is 0.417. The predicted octanol–water partition coefficient (Wildman–Crippen LogP) is 1.05. The molecule has 1 aromatic carbocycles. The second kappa shape index (κ2) is 5.08. The molecule has 0 atom stereocenters. The lowest BCUT2D eigenvalue weighted by molar-refractivity contribution is 0.607. The van der Waals surface area contributed by atoms with Crippen LogP contribution in [0, 0.1) is 13.8 Å². The summed E-state index contributed by atoms with van der Waals surface area (Å²) >= 11 is 0. The van der Waals surface area contributed by atoms with Crippen molar-refractivity contribution >= 4 is 27.4 Å². The van der Waals surface area contributed by atoms with E-state index in [4.69, 9.17) is 0 Å². The molecule has 0 aliphatic carbocycles. The topological polar surface area (TPSA) is 82.6 Å². The number of anilines is 2. The number of benzene rings is 1. The molecule has 0 fully saturated rings. The third-order valence-corrected chi connectivity index (χ3v) is 3.49. The molecule has 1 heterocycles. The highest BCUT2D eigenvalue weighted by atomic mass is 32.2. The standard InChI is InChI=1S/C12H18N4O2S/c1-8-6-10(15-12-13-4-5-14-12)7-11(9(8)2)16-19(3,17)18/h6-7,16H,4-5H2,1-3H3,(H2,13,14,15). The summed E-state index contributed by atoms with van der Waals surface area (Å²) in [4.78, 5) is 4.24. The van der Waals surface area contributed by atoms with Gasteiger partial charge >= 0.3 is 0 Å². The van der Waals surface area contributed by atoms with Gasteiger partial charge in [-0.05, 0) is 37.1 Å². The van der Waals surface area contributed by atoms with Crippen LogP contribution in [0.2, 0.25) is 0 Å². The smallest absolute Gasteiger partial charge is 0.229 e. The summed E-state index contributed by atoms with van der Waals surface area (Å²) in [6, 6.07) is 3.73.